The Bertz CT molecular complexity index is 664. The first kappa shape index (κ1) is 14.8. The average Bonchev–Trinajstić information content (AvgIpc) is 2.50. The molecule has 0 unspecified atom stereocenters. The summed E-state index contributed by atoms with van der Waals surface area (Å²) in [6.07, 6.45) is 4.11. The zero-order valence-electron chi connectivity index (χ0n) is 12.2. The van der Waals surface area contributed by atoms with Crippen LogP contribution in [0, 0.1) is 11.6 Å². The van der Waals surface area contributed by atoms with Gasteiger partial charge in [-0.25, -0.2) is 8.78 Å². The van der Waals surface area contributed by atoms with E-state index >= 15 is 0 Å². The topological polar surface area (TPSA) is 29.5 Å². The predicted molar refractivity (Wildman–Crippen MR) is 79.9 cm³/mol. The van der Waals surface area contributed by atoms with Crippen LogP contribution in [0.25, 0.3) is 0 Å². The summed E-state index contributed by atoms with van der Waals surface area (Å²) in [6, 6.07) is 9.91. The highest BCUT2D eigenvalue weighted by atomic mass is 19.1. The first-order valence-corrected chi connectivity index (χ1v) is 7.53. The molecule has 0 spiro atoms. The zero-order valence-corrected chi connectivity index (χ0v) is 12.2. The van der Waals surface area contributed by atoms with Gasteiger partial charge in [0.25, 0.3) is 0 Å². The molecule has 0 aliphatic heterocycles. The second kappa shape index (κ2) is 5.95. The van der Waals surface area contributed by atoms with Gasteiger partial charge in [-0.1, -0.05) is 12.5 Å². The van der Waals surface area contributed by atoms with Gasteiger partial charge in [0.15, 0.2) is 0 Å². The molecule has 0 saturated heterocycles. The summed E-state index contributed by atoms with van der Waals surface area (Å²) in [5.74, 6) is -0.377. The van der Waals surface area contributed by atoms with E-state index in [9.17, 15) is 13.9 Å². The van der Waals surface area contributed by atoms with Gasteiger partial charge in [0, 0.05) is 11.6 Å². The Labute approximate surface area is 128 Å². The largest absolute Gasteiger partial charge is 0.508 e. The molecule has 2 aromatic rings. The smallest absolute Gasteiger partial charge is 0.137 e. The highest BCUT2D eigenvalue weighted by Gasteiger charge is 2.38. The molecule has 116 valence electrons. The average molecular weight is 304 g/mol. The van der Waals surface area contributed by atoms with Gasteiger partial charge < -0.3 is 9.84 Å². The summed E-state index contributed by atoms with van der Waals surface area (Å²) in [5.41, 5.74) is -0.617. The van der Waals surface area contributed by atoms with E-state index in [1.54, 1.807) is 18.2 Å². The van der Waals surface area contributed by atoms with Crippen molar-refractivity contribution in [3.8, 4) is 11.5 Å². The van der Waals surface area contributed by atoms with Crippen molar-refractivity contribution in [2.75, 3.05) is 0 Å². The maximum Gasteiger partial charge on any atom is 0.137 e. The van der Waals surface area contributed by atoms with Gasteiger partial charge in [-0.3, -0.25) is 0 Å². The van der Waals surface area contributed by atoms with Crippen LogP contribution in [0.15, 0.2) is 42.5 Å². The Balaban J connectivity index is 2.02. The molecule has 1 aliphatic rings. The number of phenols is 1. The van der Waals surface area contributed by atoms with Gasteiger partial charge >= 0.3 is 0 Å². The standard InChI is InChI=1S/C18H18F2O2/c19-13-7-8-17(20)16(11-13)18(9-2-1-3-10-18)22-15-6-4-5-14(21)12-15/h4-8,11-12,21H,1-3,9-10H2. The Hall–Kier alpha value is -2.10. The highest BCUT2D eigenvalue weighted by molar-refractivity contribution is 5.34. The van der Waals surface area contributed by atoms with Crippen LogP contribution in [0.2, 0.25) is 0 Å². The molecule has 4 heteroatoms. The maximum absolute atomic E-state index is 14.3. The van der Waals surface area contributed by atoms with Gasteiger partial charge in [0.1, 0.15) is 28.7 Å². The molecule has 1 N–H and O–H groups in total. The number of rotatable bonds is 3. The Morgan fingerprint density at radius 2 is 1.73 bits per heavy atom. The SMILES string of the molecule is Oc1cccc(OC2(c3cc(F)ccc3F)CCCCC2)c1. The van der Waals surface area contributed by atoms with Crippen molar-refractivity contribution in [2.45, 2.75) is 37.7 Å². The van der Waals surface area contributed by atoms with Crippen LogP contribution in [-0.2, 0) is 5.60 Å². The van der Waals surface area contributed by atoms with E-state index in [0.29, 0.717) is 18.6 Å². The number of aromatic hydroxyl groups is 1. The van der Waals surface area contributed by atoms with E-state index in [4.69, 9.17) is 4.74 Å². The molecule has 0 bridgehead atoms. The van der Waals surface area contributed by atoms with Gasteiger partial charge in [0.2, 0.25) is 0 Å². The first-order chi connectivity index (χ1) is 10.6. The molecule has 1 aliphatic carbocycles. The van der Waals surface area contributed by atoms with Crippen LogP contribution >= 0.6 is 0 Å². The quantitative estimate of drug-likeness (QED) is 0.873. The molecule has 2 nitrogen and oxygen atoms in total. The molecular formula is C18H18F2O2. The van der Waals surface area contributed by atoms with Gasteiger partial charge in [-0.15, -0.1) is 0 Å². The van der Waals surface area contributed by atoms with Crippen LogP contribution in [0.4, 0.5) is 8.78 Å². The number of halogens is 2. The monoisotopic (exact) mass is 304 g/mol. The fourth-order valence-electron chi connectivity index (χ4n) is 3.17. The Morgan fingerprint density at radius 3 is 2.45 bits per heavy atom. The predicted octanol–water partition coefficient (Wildman–Crippen LogP) is 4.91. The molecule has 0 radical (unpaired) electrons. The fraction of sp³-hybridized carbons (Fsp3) is 0.333. The summed E-state index contributed by atoms with van der Waals surface area (Å²) in [4.78, 5) is 0. The molecule has 1 saturated carbocycles. The lowest BCUT2D eigenvalue weighted by Crippen LogP contribution is -2.36. The highest BCUT2D eigenvalue weighted by Crippen LogP contribution is 2.42. The fourth-order valence-corrected chi connectivity index (χ4v) is 3.17. The third-order valence-corrected chi connectivity index (χ3v) is 4.21. The lowest BCUT2D eigenvalue weighted by Gasteiger charge is -2.38. The molecule has 3 rings (SSSR count). The molecule has 1 fully saturated rings. The summed E-state index contributed by atoms with van der Waals surface area (Å²) in [7, 11) is 0. The molecule has 0 atom stereocenters. The first-order valence-electron chi connectivity index (χ1n) is 7.53. The molecule has 0 amide bonds. The lowest BCUT2D eigenvalue weighted by atomic mass is 9.79. The van der Waals surface area contributed by atoms with E-state index in [-0.39, 0.29) is 11.3 Å². The van der Waals surface area contributed by atoms with Crippen LogP contribution < -0.4 is 4.74 Å². The van der Waals surface area contributed by atoms with Crippen molar-refractivity contribution >= 4 is 0 Å². The molecular weight excluding hydrogens is 286 g/mol. The number of ether oxygens (including phenoxy) is 1. The van der Waals surface area contributed by atoms with Gasteiger partial charge in [-0.2, -0.15) is 0 Å². The zero-order chi connectivity index (χ0) is 15.6. The summed E-state index contributed by atoms with van der Waals surface area (Å²) >= 11 is 0. The van der Waals surface area contributed by atoms with E-state index in [2.05, 4.69) is 0 Å². The van der Waals surface area contributed by atoms with Crippen molar-refractivity contribution < 1.29 is 18.6 Å². The Kier molecular flexibility index (Phi) is 4.01. The molecule has 22 heavy (non-hydrogen) atoms. The minimum Gasteiger partial charge on any atom is -0.508 e. The summed E-state index contributed by atoms with van der Waals surface area (Å²) in [6.45, 7) is 0. The van der Waals surface area contributed by atoms with Crippen LogP contribution in [0.1, 0.15) is 37.7 Å². The molecule has 0 aromatic heterocycles. The minimum absolute atomic E-state index is 0.0863. The van der Waals surface area contributed by atoms with Crippen molar-refractivity contribution in [3.63, 3.8) is 0 Å². The van der Waals surface area contributed by atoms with Crippen LogP contribution in [-0.4, -0.2) is 5.11 Å². The third kappa shape index (κ3) is 2.91. The van der Waals surface area contributed by atoms with Crippen molar-refractivity contribution in [1.82, 2.24) is 0 Å². The molecule has 0 heterocycles. The second-order valence-corrected chi connectivity index (χ2v) is 5.78. The number of benzene rings is 2. The lowest BCUT2D eigenvalue weighted by molar-refractivity contribution is 0.0226. The number of hydrogen-bond donors (Lipinski definition) is 1. The summed E-state index contributed by atoms with van der Waals surface area (Å²) in [5, 5.41) is 9.58. The number of phenolic OH excluding ortho intramolecular Hbond substituents is 1. The maximum atomic E-state index is 14.3. The molecule has 2 aromatic carbocycles. The van der Waals surface area contributed by atoms with Crippen LogP contribution in [0.5, 0.6) is 11.5 Å². The second-order valence-electron chi connectivity index (χ2n) is 5.78. The van der Waals surface area contributed by atoms with Gasteiger partial charge in [0.05, 0.1) is 0 Å². The van der Waals surface area contributed by atoms with E-state index < -0.39 is 17.2 Å². The normalized spacial score (nSPS) is 17.2. The van der Waals surface area contributed by atoms with E-state index in [1.165, 1.54) is 12.1 Å². The Morgan fingerprint density at radius 1 is 0.955 bits per heavy atom. The van der Waals surface area contributed by atoms with Crippen molar-refractivity contribution in [3.05, 3.63) is 59.7 Å². The third-order valence-electron chi connectivity index (χ3n) is 4.21. The minimum atomic E-state index is -0.877. The van der Waals surface area contributed by atoms with Crippen molar-refractivity contribution in [1.29, 1.82) is 0 Å². The summed E-state index contributed by atoms with van der Waals surface area (Å²) < 4.78 is 34.0. The van der Waals surface area contributed by atoms with E-state index in [0.717, 1.165) is 31.4 Å². The number of hydrogen-bond acceptors (Lipinski definition) is 2. The van der Waals surface area contributed by atoms with Crippen molar-refractivity contribution in [2.24, 2.45) is 0 Å². The van der Waals surface area contributed by atoms with E-state index in [1.807, 2.05) is 0 Å². The van der Waals surface area contributed by atoms with Crippen LogP contribution in [0.3, 0.4) is 0 Å². The van der Waals surface area contributed by atoms with Gasteiger partial charge in [-0.05, 0) is 56.0 Å².